The molecule has 0 aliphatic heterocycles. The molecule has 0 spiro atoms. The molecule has 1 aromatic heterocycles. The summed E-state index contributed by atoms with van der Waals surface area (Å²) in [4.78, 5) is 2.45. The summed E-state index contributed by atoms with van der Waals surface area (Å²) in [6.07, 6.45) is 0. The van der Waals surface area contributed by atoms with Crippen LogP contribution in [-0.2, 0) is 5.41 Å². The monoisotopic (exact) mass is 729 g/mol. The van der Waals surface area contributed by atoms with Gasteiger partial charge in [0, 0.05) is 32.9 Å². The zero-order valence-corrected chi connectivity index (χ0v) is 31.9. The smallest absolute Gasteiger partial charge is 0.135 e. The highest BCUT2D eigenvalue weighted by molar-refractivity contribution is 6.07. The van der Waals surface area contributed by atoms with Crippen LogP contribution in [0.15, 0.2) is 205 Å². The molecule has 0 saturated heterocycles. The van der Waals surface area contributed by atoms with Crippen molar-refractivity contribution in [3.05, 3.63) is 211 Å². The van der Waals surface area contributed by atoms with Crippen molar-refractivity contribution in [1.29, 1.82) is 0 Å². The summed E-state index contributed by atoms with van der Waals surface area (Å²) in [5.41, 5.74) is 17.6. The Labute approximate surface area is 332 Å². The molecule has 0 radical (unpaired) electrons. The van der Waals surface area contributed by atoms with Gasteiger partial charge in [-0.25, -0.2) is 0 Å². The minimum atomic E-state index is -0.184. The van der Waals surface area contributed by atoms with Crippen LogP contribution in [0.5, 0.6) is 0 Å². The molecule has 2 heteroatoms. The standard InChI is InChI=1S/C55H39NO/c1-55(2)50-34-40(36-13-5-3-6-14-36)23-28-45(50)46-29-27-42(35-51(46)55)56(52-31-30-43(38-15-7-4-8-16-38)44-17-9-10-18-47(44)52)41-25-21-37(22-26-41)39-24-32-54-49(33-39)48-19-11-12-20-53(48)57-54/h3-35H,1-2H3. The van der Waals surface area contributed by atoms with E-state index >= 15 is 0 Å². The van der Waals surface area contributed by atoms with E-state index in [2.05, 4.69) is 207 Å². The van der Waals surface area contributed by atoms with Gasteiger partial charge in [-0.15, -0.1) is 0 Å². The number of hydrogen-bond donors (Lipinski definition) is 0. The second kappa shape index (κ2) is 13.0. The Bertz CT molecular complexity index is 3140. The summed E-state index contributed by atoms with van der Waals surface area (Å²) in [7, 11) is 0. The summed E-state index contributed by atoms with van der Waals surface area (Å²) in [5.74, 6) is 0. The van der Waals surface area contributed by atoms with E-state index in [1.54, 1.807) is 0 Å². The van der Waals surface area contributed by atoms with Crippen molar-refractivity contribution in [2.45, 2.75) is 19.3 Å². The average molecular weight is 730 g/mol. The van der Waals surface area contributed by atoms with Crippen molar-refractivity contribution in [1.82, 2.24) is 0 Å². The van der Waals surface area contributed by atoms with Crippen molar-refractivity contribution < 1.29 is 4.42 Å². The van der Waals surface area contributed by atoms with Gasteiger partial charge in [0.2, 0.25) is 0 Å². The van der Waals surface area contributed by atoms with Crippen molar-refractivity contribution in [3.63, 3.8) is 0 Å². The maximum absolute atomic E-state index is 6.15. The molecule has 9 aromatic carbocycles. The maximum atomic E-state index is 6.15. The van der Waals surface area contributed by atoms with E-state index in [0.717, 1.165) is 50.1 Å². The summed E-state index contributed by atoms with van der Waals surface area (Å²) in [6.45, 7) is 4.75. The normalized spacial score (nSPS) is 12.9. The highest BCUT2D eigenvalue weighted by Gasteiger charge is 2.36. The van der Waals surface area contributed by atoms with E-state index < -0.39 is 0 Å². The molecule has 0 fully saturated rings. The Morgan fingerprint density at radius 3 is 1.65 bits per heavy atom. The largest absolute Gasteiger partial charge is 0.456 e. The highest BCUT2D eigenvalue weighted by atomic mass is 16.3. The number of para-hydroxylation sites is 1. The summed E-state index contributed by atoms with van der Waals surface area (Å²) >= 11 is 0. The first-order valence-corrected chi connectivity index (χ1v) is 19.8. The summed E-state index contributed by atoms with van der Waals surface area (Å²) in [5, 5.41) is 4.71. The Balaban J connectivity index is 1.06. The minimum Gasteiger partial charge on any atom is -0.456 e. The van der Waals surface area contributed by atoms with Crippen LogP contribution in [-0.4, -0.2) is 0 Å². The number of rotatable bonds is 6. The molecular formula is C55H39NO. The van der Waals surface area contributed by atoms with E-state index in [0.29, 0.717) is 0 Å². The lowest BCUT2D eigenvalue weighted by atomic mass is 9.81. The molecule has 0 N–H and O–H groups in total. The van der Waals surface area contributed by atoms with Crippen molar-refractivity contribution >= 4 is 49.8 Å². The molecule has 1 heterocycles. The Morgan fingerprint density at radius 1 is 0.351 bits per heavy atom. The van der Waals surface area contributed by atoms with Crippen LogP contribution in [0.2, 0.25) is 0 Å². The molecule has 10 aromatic rings. The van der Waals surface area contributed by atoms with E-state index in [9.17, 15) is 0 Å². The molecule has 270 valence electrons. The number of furan rings is 1. The molecule has 2 nitrogen and oxygen atoms in total. The van der Waals surface area contributed by atoms with E-state index in [1.807, 2.05) is 12.1 Å². The van der Waals surface area contributed by atoms with Gasteiger partial charge in [0.15, 0.2) is 0 Å². The lowest BCUT2D eigenvalue weighted by Crippen LogP contribution is -2.17. The van der Waals surface area contributed by atoms with Crippen LogP contribution in [0.3, 0.4) is 0 Å². The predicted molar refractivity (Wildman–Crippen MR) is 240 cm³/mol. The molecule has 0 atom stereocenters. The maximum Gasteiger partial charge on any atom is 0.135 e. The molecular weight excluding hydrogens is 691 g/mol. The molecule has 1 aliphatic carbocycles. The quantitative estimate of drug-likeness (QED) is 0.169. The van der Waals surface area contributed by atoms with Gasteiger partial charge in [-0.2, -0.15) is 0 Å². The van der Waals surface area contributed by atoms with Crippen molar-refractivity contribution in [3.8, 4) is 44.5 Å². The number of benzene rings is 9. The van der Waals surface area contributed by atoms with Gasteiger partial charge >= 0.3 is 0 Å². The van der Waals surface area contributed by atoms with E-state index in [-0.39, 0.29) is 5.41 Å². The third-order valence-electron chi connectivity index (χ3n) is 12.1. The average Bonchev–Trinajstić information content (AvgIpc) is 3.75. The molecule has 0 amide bonds. The summed E-state index contributed by atoms with van der Waals surface area (Å²) < 4.78 is 6.15. The predicted octanol–water partition coefficient (Wildman–Crippen LogP) is 15.5. The Kier molecular flexibility index (Phi) is 7.55. The Hall–Kier alpha value is -7.16. The first kappa shape index (κ1) is 33.2. The topological polar surface area (TPSA) is 16.4 Å². The van der Waals surface area contributed by atoms with Crippen LogP contribution in [0, 0.1) is 0 Å². The van der Waals surface area contributed by atoms with Crippen LogP contribution in [0.4, 0.5) is 17.1 Å². The highest BCUT2D eigenvalue weighted by Crippen LogP contribution is 2.52. The second-order valence-corrected chi connectivity index (χ2v) is 15.7. The zero-order valence-electron chi connectivity index (χ0n) is 31.9. The van der Waals surface area contributed by atoms with Gasteiger partial charge in [-0.05, 0) is 116 Å². The number of anilines is 3. The number of nitrogens with zero attached hydrogens (tertiary/aromatic N) is 1. The van der Waals surface area contributed by atoms with Crippen molar-refractivity contribution in [2.75, 3.05) is 4.90 Å². The second-order valence-electron chi connectivity index (χ2n) is 15.7. The molecule has 1 aliphatic rings. The van der Waals surface area contributed by atoms with Crippen molar-refractivity contribution in [2.24, 2.45) is 0 Å². The minimum absolute atomic E-state index is 0.184. The zero-order chi connectivity index (χ0) is 38.1. The SMILES string of the molecule is CC1(C)c2cc(-c3ccccc3)ccc2-c2ccc(N(c3ccc(-c4ccc5oc6ccccc6c5c4)cc3)c3ccc(-c4ccccc4)c4ccccc34)cc21. The lowest BCUT2D eigenvalue weighted by Gasteiger charge is -2.29. The number of hydrogen-bond acceptors (Lipinski definition) is 2. The van der Waals surface area contributed by atoms with Gasteiger partial charge < -0.3 is 9.32 Å². The number of fused-ring (bicyclic) bond motifs is 7. The molecule has 0 bridgehead atoms. The molecule has 57 heavy (non-hydrogen) atoms. The van der Waals surface area contributed by atoms with Crippen LogP contribution < -0.4 is 4.90 Å². The van der Waals surface area contributed by atoms with Crippen LogP contribution in [0.1, 0.15) is 25.0 Å². The summed E-state index contributed by atoms with van der Waals surface area (Å²) in [6, 6.07) is 72.8. The van der Waals surface area contributed by atoms with Gasteiger partial charge in [0.1, 0.15) is 11.2 Å². The molecule has 0 unspecified atom stereocenters. The lowest BCUT2D eigenvalue weighted by molar-refractivity contribution is 0.660. The van der Waals surface area contributed by atoms with E-state index in [4.69, 9.17) is 4.42 Å². The third kappa shape index (κ3) is 5.40. The fourth-order valence-corrected chi connectivity index (χ4v) is 9.16. The fourth-order valence-electron chi connectivity index (χ4n) is 9.16. The van der Waals surface area contributed by atoms with Gasteiger partial charge in [0.25, 0.3) is 0 Å². The van der Waals surface area contributed by atoms with Crippen LogP contribution in [0.25, 0.3) is 77.2 Å². The fraction of sp³-hybridized carbons (Fsp3) is 0.0545. The van der Waals surface area contributed by atoms with E-state index in [1.165, 1.54) is 55.3 Å². The first-order chi connectivity index (χ1) is 28.0. The first-order valence-electron chi connectivity index (χ1n) is 19.8. The molecule has 11 rings (SSSR count). The van der Waals surface area contributed by atoms with Crippen LogP contribution >= 0.6 is 0 Å². The Morgan fingerprint density at radius 2 is 0.877 bits per heavy atom. The van der Waals surface area contributed by atoms with Gasteiger partial charge in [-0.1, -0.05) is 159 Å². The third-order valence-corrected chi connectivity index (χ3v) is 12.1. The van der Waals surface area contributed by atoms with Gasteiger partial charge in [-0.3, -0.25) is 0 Å². The van der Waals surface area contributed by atoms with Gasteiger partial charge in [0.05, 0.1) is 5.69 Å². The molecule has 0 saturated carbocycles.